The van der Waals surface area contributed by atoms with Crippen LogP contribution in [0.2, 0.25) is 0 Å². The predicted octanol–water partition coefficient (Wildman–Crippen LogP) is 3.20. The van der Waals surface area contributed by atoms with Gasteiger partial charge in [0.1, 0.15) is 6.54 Å². The molecular weight excluding hydrogens is 338 g/mol. The first-order chi connectivity index (χ1) is 13.1. The monoisotopic (exact) mass is 359 g/mol. The van der Waals surface area contributed by atoms with E-state index in [1.807, 2.05) is 42.5 Å². The van der Waals surface area contributed by atoms with Crippen LogP contribution in [0.3, 0.4) is 0 Å². The molecule has 2 heterocycles. The minimum absolute atomic E-state index is 0.00573. The Morgan fingerprint density at radius 2 is 1.93 bits per heavy atom. The molecule has 27 heavy (non-hydrogen) atoms. The van der Waals surface area contributed by atoms with E-state index in [1.54, 1.807) is 4.90 Å². The highest BCUT2D eigenvalue weighted by Crippen LogP contribution is 2.28. The first-order valence-corrected chi connectivity index (χ1v) is 9.13. The van der Waals surface area contributed by atoms with Crippen molar-refractivity contribution < 1.29 is 4.79 Å². The van der Waals surface area contributed by atoms with Gasteiger partial charge < -0.3 is 4.90 Å². The maximum atomic E-state index is 12.9. The molecule has 0 saturated heterocycles. The first-order valence-electron chi connectivity index (χ1n) is 9.13. The lowest BCUT2D eigenvalue weighted by atomic mass is 9.99. The van der Waals surface area contributed by atoms with E-state index in [4.69, 9.17) is 0 Å². The fraction of sp³-hybridized carbons (Fsp3) is 0.227. The Morgan fingerprint density at radius 1 is 1.11 bits per heavy atom. The maximum Gasteiger partial charge on any atom is 0.254 e. The summed E-state index contributed by atoms with van der Waals surface area (Å²) in [6.07, 6.45) is 3.37. The number of anilines is 1. The molecule has 5 heteroatoms. The minimum Gasteiger partial charge on any atom is -0.311 e. The third-order valence-corrected chi connectivity index (χ3v) is 4.91. The fourth-order valence-corrected chi connectivity index (χ4v) is 3.53. The van der Waals surface area contributed by atoms with Crippen LogP contribution in [0.5, 0.6) is 0 Å². The van der Waals surface area contributed by atoms with Gasteiger partial charge in [-0.25, -0.2) is 4.98 Å². The summed E-state index contributed by atoms with van der Waals surface area (Å²) in [5.74, 6) is -0.0869. The van der Waals surface area contributed by atoms with Crippen LogP contribution in [-0.2, 0) is 17.8 Å². The molecule has 5 nitrogen and oxygen atoms in total. The Labute approximate surface area is 157 Å². The Bertz CT molecular complexity index is 1040. The van der Waals surface area contributed by atoms with Gasteiger partial charge in [0.15, 0.2) is 0 Å². The van der Waals surface area contributed by atoms with Crippen LogP contribution in [-0.4, -0.2) is 22.0 Å². The van der Waals surface area contributed by atoms with E-state index < -0.39 is 0 Å². The first kappa shape index (κ1) is 17.2. The van der Waals surface area contributed by atoms with Crippen LogP contribution in [0.1, 0.15) is 17.5 Å². The zero-order chi connectivity index (χ0) is 18.8. The number of aryl methyl sites for hydroxylation is 2. The maximum absolute atomic E-state index is 12.9. The molecule has 0 unspecified atom stereocenters. The van der Waals surface area contributed by atoms with E-state index in [0.29, 0.717) is 12.2 Å². The molecule has 1 amide bonds. The second kappa shape index (κ2) is 7.19. The zero-order valence-electron chi connectivity index (χ0n) is 15.3. The van der Waals surface area contributed by atoms with Gasteiger partial charge in [-0.1, -0.05) is 48.0 Å². The molecule has 0 aliphatic carbocycles. The van der Waals surface area contributed by atoms with E-state index in [9.17, 15) is 9.59 Å². The number of carbonyl (C=O) groups is 1. The molecule has 1 aromatic heterocycles. The second-order valence-corrected chi connectivity index (χ2v) is 6.89. The highest BCUT2D eigenvalue weighted by atomic mass is 16.2. The van der Waals surface area contributed by atoms with Crippen LogP contribution < -0.4 is 10.5 Å². The Balaban J connectivity index is 1.57. The van der Waals surface area contributed by atoms with E-state index in [-0.39, 0.29) is 18.0 Å². The summed E-state index contributed by atoms with van der Waals surface area (Å²) in [6.45, 7) is 2.73. The molecule has 4 rings (SSSR count). The molecule has 0 N–H and O–H groups in total. The van der Waals surface area contributed by atoms with Gasteiger partial charge in [-0.15, -0.1) is 0 Å². The Hall–Kier alpha value is -3.21. The molecular formula is C22H21N3O2. The van der Waals surface area contributed by atoms with Crippen LogP contribution in [0.15, 0.2) is 65.7 Å². The van der Waals surface area contributed by atoms with Crippen molar-refractivity contribution in [3.05, 3.63) is 82.4 Å². The van der Waals surface area contributed by atoms with Gasteiger partial charge in [-0.05, 0) is 31.4 Å². The van der Waals surface area contributed by atoms with Crippen molar-refractivity contribution in [1.82, 2.24) is 9.55 Å². The summed E-state index contributed by atoms with van der Waals surface area (Å²) < 4.78 is 1.37. The SMILES string of the molecule is Cc1ccc2c(c1)CCCN2C(=O)Cn1cnc(-c2ccccc2)cc1=O. The molecule has 0 atom stereocenters. The molecule has 2 aromatic carbocycles. The van der Waals surface area contributed by atoms with Gasteiger partial charge in [-0.2, -0.15) is 0 Å². The largest absolute Gasteiger partial charge is 0.311 e. The van der Waals surface area contributed by atoms with Gasteiger partial charge in [-0.3, -0.25) is 14.2 Å². The lowest BCUT2D eigenvalue weighted by Gasteiger charge is -2.30. The molecule has 0 fully saturated rings. The van der Waals surface area contributed by atoms with Gasteiger partial charge in [0.25, 0.3) is 5.56 Å². The normalized spacial score (nSPS) is 13.3. The number of fused-ring (bicyclic) bond motifs is 1. The Morgan fingerprint density at radius 3 is 2.70 bits per heavy atom. The fourth-order valence-electron chi connectivity index (χ4n) is 3.53. The summed E-state index contributed by atoms with van der Waals surface area (Å²) in [5.41, 5.74) is 4.62. The molecule has 0 bridgehead atoms. The number of rotatable bonds is 3. The lowest BCUT2D eigenvalue weighted by Crippen LogP contribution is -2.39. The summed E-state index contributed by atoms with van der Waals surface area (Å²) in [6, 6.07) is 17.2. The second-order valence-electron chi connectivity index (χ2n) is 6.89. The van der Waals surface area contributed by atoms with E-state index in [0.717, 1.165) is 24.1 Å². The van der Waals surface area contributed by atoms with Crippen LogP contribution >= 0.6 is 0 Å². The quantitative estimate of drug-likeness (QED) is 0.722. The number of hydrogen-bond donors (Lipinski definition) is 0. The zero-order valence-corrected chi connectivity index (χ0v) is 15.3. The third-order valence-electron chi connectivity index (χ3n) is 4.91. The highest BCUT2D eigenvalue weighted by Gasteiger charge is 2.23. The number of benzene rings is 2. The van der Waals surface area contributed by atoms with Crippen molar-refractivity contribution in [1.29, 1.82) is 0 Å². The van der Waals surface area contributed by atoms with E-state index in [2.05, 4.69) is 18.0 Å². The van der Waals surface area contributed by atoms with Crippen molar-refractivity contribution >= 4 is 11.6 Å². The molecule has 136 valence electrons. The molecule has 0 spiro atoms. The summed E-state index contributed by atoms with van der Waals surface area (Å²) in [7, 11) is 0. The van der Waals surface area contributed by atoms with Crippen LogP contribution in [0.25, 0.3) is 11.3 Å². The number of aromatic nitrogens is 2. The van der Waals surface area contributed by atoms with E-state index in [1.165, 1.54) is 28.1 Å². The smallest absolute Gasteiger partial charge is 0.254 e. The van der Waals surface area contributed by atoms with Crippen molar-refractivity contribution in [3.8, 4) is 11.3 Å². The number of carbonyl (C=O) groups excluding carboxylic acids is 1. The van der Waals surface area contributed by atoms with Crippen molar-refractivity contribution in [2.45, 2.75) is 26.3 Å². The summed E-state index contributed by atoms with van der Waals surface area (Å²) >= 11 is 0. The number of nitrogens with zero attached hydrogens (tertiary/aromatic N) is 3. The molecule has 1 aliphatic rings. The molecule has 3 aromatic rings. The molecule has 1 aliphatic heterocycles. The van der Waals surface area contributed by atoms with Crippen LogP contribution in [0.4, 0.5) is 5.69 Å². The Kier molecular flexibility index (Phi) is 4.59. The van der Waals surface area contributed by atoms with E-state index >= 15 is 0 Å². The minimum atomic E-state index is -0.224. The molecule has 0 saturated carbocycles. The summed E-state index contributed by atoms with van der Waals surface area (Å²) in [5, 5.41) is 0. The topological polar surface area (TPSA) is 55.2 Å². The van der Waals surface area contributed by atoms with Gasteiger partial charge in [0.2, 0.25) is 5.91 Å². The van der Waals surface area contributed by atoms with Gasteiger partial charge in [0, 0.05) is 23.9 Å². The standard InChI is InChI=1S/C22H21N3O2/c1-16-9-10-20-18(12-16)8-5-11-25(20)22(27)14-24-15-23-19(13-21(24)26)17-6-3-2-4-7-17/h2-4,6-7,9-10,12-13,15H,5,8,11,14H2,1H3. The van der Waals surface area contributed by atoms with Gasteiger partial charge in [0.05, 0.1) is 12.0 Å². The van der Waals surface area contributed by atoms with Crippen molar-refractivity contribution in [2.24, 2.45) is 0 Å². The predicted molar refractivity (Wildman–Crippen MR) is 106 cm³/mol. The van der Waals surface area contributed by atoms with Crippen molar-refractivity contribution in [3.63, 3.8) is 0 Å². The highest BCUT2D eigenvalue weighted by molar-refractivity contribution is 5.94. The molecule has 0 radical (unpaired) electrons. The lowest BCUT2D eigenvalue weighted by molar-refractivity contribution is -0.119. The average Bonchev–Trinajstić information content (AvgIpc) is 2.69. The average molecular weight is 359 g/mol. The summed E-state index contributed by atoms with van der Waals surface area (Å²) in [4.78, 5) is 31.5. The number of hydrogen-bond acceptors (Lipinski definition) is 3. The third kappa shape index (κ3) is 3.53. The number of amides is 1. The van der Waals surface area contributed by atoms with Gasteiger partial charge >= 0.3 is 0 Å². The van der Waals surface area contributed by atoms with Crippen LogP contribution in [0, 0.1) is 6.92 Å². The van der Waals surface area contributed by atoms with Crippen molar-refractivity contribution in [2.75, 3.05) is 11.4 Å².